The molecule has 6 heteroatoms. The van der Waals surface area contributed by atoms with Crippen LogP contribution in [0.4, 0.5) is 4.39 Å². The molecule has 36 heavy (non-hydrogen) atoms. The minimum Gasteiger partial charge on any atom is -0.493 e. The highest BCUT2D eigenvalue weighted by atomic mass is 19.1. The maximum atomic E-state index is 13.0. The SMILES string of the molecule is Cc1ccc(OCCCn2c(CCCCCNC(=O)c3ccc(F)cc3)nc3ccccc32)c(C)c1. The van der Waals surface area contributed by atoms with Gasteiger partial charge in [-0.1, -0.05) is 36.2 Å². The van der Waals surface area contributed by atoms with Gasteiger partial charge in [-0.25, -0.2) is 9.37 Å². The number of fused-ring (bicyclic) bond motifs is 1. The predicted octanol–water partition coefficient (Wildman–Crippen LogP) is 6.40. The fraction of sp³-hybridized carbons (Fsp3) is 0.333. The predicted molar refractivity (Wildman–Crippen MR) is 142 cm³/mol. The number of carbonyl (C=O) groups is 1. The summed E-state index contributed by atoms with van der Waals surface area (Å²) >= 11 is 0. The maximum Gasteiger partial charge on any atom is 0.251 e. The lowest BCUT2D eigenvalue weighted by Crippen LogP contribution is -2.24. The molecule has 1 amide bonds. The summed E-state index contributed by atoms with van der Waals surface area (Å²) in [5.41, 5.74) is 5.06. The third kappa shape index (κ3) is 6.72. The zero-order chi connectivity index (χ0) is 25.3. The molecular formula is C30H34FN3O2. The van der Waals surface area contributed by atoms with Crippen molar-refractivity contribution in [3.8, 4) is 5.75 Å². The Morgan fingerprint density at radius 2 is 1.78 bits per heavy atom. The van der Waals surface area contributed by atoms with E-state index in [4.69, 9.17) is 9.72 Å². The lowest BCUT2D eigenvalue weighted by atomic mass is 10.1. The number of halogens is 1. The zero-order valence-corrected chi connectivity index (χ0v) is 21.1. The van der Waals surface area contributed by atoms with Gasteiger partial charge >= 0.3 is 0 Å². The summed E-state index contributed by atoms with van der Waals surface area (Å²) in [6.45, 7) is 6.28. The first kappa shape index (κ1) is 25.4. The number of unbranched alkanes of at least 4 members (excludes halogenated alkanes) is 2. The third-order valence-corrected chi connectivity index (χ3v) is 6.32. The van der Waals surface area contributed by atoms with Crippen LogP contribution in [-0.4, -0.2) is 28.6 Å². The van der Waals surface area contributed by atoms with Crippen LogP contribution < -0.4 is 10.1 Å². The van der Waals surface area contributed by atoms with Gasteiger partial charge in [-0.3, -0.25) is 4.79 Å². The van der Waals surface area contributed by atoms with E-state index in [1.54, 1.807) is 0 Å². The van der Waals surface area contributed by atoms with E-state index in [0.29, 0.717) is 18.7 Å². The van der Waals surface area contributed by atoms with Crippen LogP contribution in [0.5, 0.6) is 5.75 Å². The topological polar surface area (TPSA) is 56.1 Å². The minimum atomic E-state index is -0.341. The van der Waals surface area contributed by atoms with Gasteiger partial charge in [0.25, 0.3) is 5.91 Å². The maximum absolute atomic E-state index is 13.0. The molecule has 4 aromatic rings. The standard InChI is InChI=1S/C30H34FN3O2/c1-22-12-17-28(23(2)21-22)36-20-8-19-34-27-10-6-5-9-26(27)33-29(34)11-4-3-7-18-32-30(35)24-13-15-25(31)16-14-24/h5-6,9-10,12-17,21H,3-4,7-8,11,18-20H2,1-2H3,(H,32,35). The van der Waals surface area contributed by atoms with E-state index in [1.807, 2.05) is 12.1 Å². The van der Waals surface area contributed by atoms with Crippen molar-refractivity contribution in [3.63, 3.8) is 0 Å². The Hall–Kier alpha value is -3.67. The van der Waals surface area contributed by atoms with Crippen LogP contribution in [0.15, 0.2) is 66.7 Å². The van der Waals surface area contributed by atoms with Gasteiger partial charge in [0.2, 0.25) is 0 Å². The number of rotatable bonds is 12. The molecule has 0 radical (unpaired) electrons. The van der Waals surface area contributed by atoms with Crippen LogP contribution in [0.3, 0.4) is 0 Å². The number of imidazole rings is 1. The number of amides is 1. The van der Waals surface area contributed by atoms with E-state index in [0.717, 1.165) is 66.8 Å². The number of aromatic nitrogens is 2. The number of nitrogens with zero attached hydrogens (tertiary/aromatic N) is 2. The average Bonchev–Trinajstić information content (AvgIpc) is 3.22. The monoisotopic (exact) mass is 487 g/mol. The number of ether oxygens (including phenoxy) is 1. The first-order valence-corrected chi connectivity index (χ1v) is 12.7. The Bertz CT molecular complexity index is 1300. The number of benzene rings is 3. The van der Waals surface area contributed by atoms with Gasteiger partial charge in [0.1, 0.15) is 17.4 Å². The zero-order valence-electron chi connectivity index (χ0n) is 21.1. The Morgan fingerprint density at radius 3 is 2.58 bits per heavy atom. The number of hydrogen-bond acceptors (Lipinski definition) is 3. The van der Waals surface area contributed by atoms with Crippen LogP contribution in [0.2, 0.25) is 0 Å². The van der Waals surface area contributed by atoms with E-state index in [1.165, 1.54) is 29.8 Å². The van der Waals surface area contributed by atoms with Gasteiger partial charge in [0.15, 0.2) is 0 Å². The molecular weight excluding hydrogens is 453 g/mol. The molecule has 5 nitrogen and oxygen atoms in total. The average molecular weight is 488 g/mol. The molecule has 0 atom stereocenters. The Labute approximate surface area is 212 Å². The number of para-hydroxylation sites is 2. The van der Waals surface area contributed by atoms with Crippen molar-refractivity contribution in [1.82, 2.24) is 14.9 Å². The summed E-state index contributed by atoms with van der Waals surface area (Å²) in [5.74, 6) is 1.53. The highest BCUT2D eigenvalue weighted by Crippen LogP contribution is 2.21. The Kier molecular flexibility index (Phi) is 8.71. The van der Waals surface area contributed by atoms with Gasteiger partial charge in [-0.05, 0) is 81.1 Å². The summed E-state index contributed by atoms with van der Waals surface area (Å²) in [6, 6.07) is 20.1. The van der Waals surface area contributed by atoms with E-state index in [2.05, 4.69) is 54.1 Å². The highest BCUT2D eigenvalue weighted by molar-refractivity contribution is 5.94. The molecule has 0 saturated carbocycles. The van der Waals surface area contributed by atoms with Gasteiger partial charge in [-0.2, -0.15) is 0 Å². The van der Waals surface area contributed by atoms with Crippen molar-refractivity contribution in [2.24, 2.45) is 0 Å². The van der Waals surface area contributed by atoms with E-state index in [9.17, 15) is 9.18 Å². The highest BCUT2D eigenvalue weighted by Gasteiger charge is 2.11. The van der Waals surface area contributed by atoms with Crippen molar-refractivity contribution >= 4 is 16.9 Å². The molecule has 0 saturated heterocycles. The van der Waals surface area contributed by atoms with Crippen molar-refractivity contribution < 1.29 is 13.9 Å². The molecule has 4 rings (SSSR count). The molecule has 1 heterocycles. The molecule has 0 aliphatic heterocycles. The van der Waals surface area contributed by atoms with Gasteiger partial charge < -0.3 is 14.6 Å². The number of nitrogens with one attached hydrogen (secondary N) is 1. The molecule has 1 aromatic heterocycles. The summed E-state index contributed by atoms with van der Waals surface area (Å²) in [6.07, 6.45) is 4.66. The molecule has 0 unspecified atom stereocenters. The summed E-state index contributed by atoms with van der Waals surface area (Å²) in [4.78, 5) is 17.0. The molecule has 1 N–H and O–H groups in total. The largest absolute Gasteiger partial charge is 0.493 e. The van der Waals surface area contributed by atoms with Gasteiger partial charge in [0.05, 0.1) is 17.6 Å². The third-order valence-electron chi connectivity index (χ3n) is 6.32. The fourth-order valence-corrected chi connectivity index (χ4v) is 4.42. The van der Waals surface area contributed by atoms with E-state index in [-0.39, 0.29) is 11.7 Å². The molecule has 0 bridgehead atoms. The van der Waals surface area contributed by atoms with Crippen LogP contribution in [0, 0.1) is 19.7 Å². The van der Waals surface area contributed by atoms with Crippen molar-refractivity contribution in [2.75, 3.05) is 13.2 Å². The summed E-state index contributed by atoms with van der Waals surface area (Å²) in [5, 5.41) is 2.91. The molecule has 0 spiro atoms. The first-order chi connectivity index (χ1) is 17.5. The number of hydrogen-bond donors (Lipinski definition) is 1. The lowest BCUT2D eigenvalue weighted by Gasteiger charge is -2.12. The fourth-order valence-electron chi connectivity index (χ4n) is 4.42. The van der Waals surface area contributed by atoms with E-state index >= 15 is 0 Å². The van der Waals surface area contributed by atoms with E-state index < -0.39 is 0 Å². The van der Waals surface area contributed by atoms with Gasteiger partial charge in [-0.15, -0.1) is 0 Å². The normalized spacial score (nSPS) is 11.1. The second-order valence-corrected chi connectivity index (χ2v) is 9.21. The smallest absolute Gasteiger partial charge is 0.251 e. The first-order valence-electron chi connectivity index (χ1n) is 12.7. The van der Waals surface area contributed by atoms with Crippen molar-refractivity contribution in [2.45, 2.75) is 52.5 Å². The molecule has 0 aliphatic rings. The number of aryl methyl sites for hydroxylation is 4. The van der Waals surface area contributed by atoms with Crippen molar-refractivity contribution in [1.29, 1.82) is 0 Å². The van der Waals surface area contributed by atoms with Crippen LogP contribution >= 0.6 is 0 Å². The summed E-state index contributed by atoms with van der Waals surface area (Å²) < 4.78 is 21.4. The molecule has 188 valence electrons. The summed E-state index contributed by atoms with van der Waals surface area (Å²) in [7, 11) is 0. The molecule has 0 aliphatic carbocycles. The quantitative estimate of drug-likeness (QED) is 0.235. The van der Waals surface area contributed by atoms with Crippen LogP contribution in [0.25, 0.3) is 11.0 Å². The second-order valence-electron chi connectivity index (χ2n) is 9.21. The Morgan fingerprint density at radius 1 is 0.972 bits per heavy atom. The molecule has 0 fully saturated rings. The van der Waals surface area contributed by atoms with Crippen LogP contribution in [0.1, 0.15) is 53.0 Å². The lowest BCUT2D eigenvalue weighted by molar-refractivity contribution is 0.0953. The van der Waals surface area contributed by atoms with Crippen LogP contribution in [-0.2, 0) is 13.0 Å². The Balaban J connectivity index is 1.25. The number of carbonyl (C=O) groups excluding carboxylic acids is 1. The molecule has 3 aromatic carbocycles. The minimum absolute atomic E-state index is 0.167. The second kappa shape index (κ2) is 12.3. The van der Waals surface area contributed by atoms with Gasteiger partial charge in [0, 0.05) is 25.1 Å². The van der Waals surface area contributed by atoms with Crippen molar-refractivity contribution in [3.05, 3.63) is 95.1 Å².